The fraction of sp³-hybridized carbons (Fsp3) is 0.308. The number of allylic oxidation sites excluding steroid dienone is 1. The van der Waals surface area contributed by atoms with E-state index in [-0.39, 0.29) is 11.5 Å². The van der Waals surface area contributed by atoms with E-state index in [1.807, 2.05) is 37.3 Å². The lowest BCUT2D eigenvalue weighted by molar-refractivity contribution is -0.115. The maximum absolute atomic E-state index is 11.5. The first-order valence-electron chi connectivity index (χ1n) is 5.69. The molecule has 0 unspecified atom stereocenters. The number of nitrogens with two attached hydrogens (primary N) is 2. The highest BCUT2D eigenvalue weighted by Crippen LogP contribution is 2.03. The number of hydrazine groups is 1. The van der Waals surface area contributed by atoms with Crippen LogP contribution in [-0.2, 0) is 11.3 Å². The first-order chi connectivity index (χ1) is 8.13. The molecule has 0 amide bonds. The van der Waals surface area contributed by atoms with Crippen LogP contribution in [0.4, 0.5) is 0 Å². The predicted octanol–water partition coefficient (Wildman–Crippen LogP) is 1.53. The van der Waals surface area contributed by atoms with Crippen LogP contribution in [0.5, 0.6) is 0 Å². The third-order valence-electron chi connectivity index (χ3n) is 2.31. The molecule has 4 heteroatoms. The minimum absolute atomic E-state index is 0.0592. The van der Waals surface area contributed by atoms with Gasteiger partial charge < -0.3 is 10.7 Å². The number of Topliss-reactive ketones (excluding diaryl/α,β-unsaturated/α-hetero) is 1. The van der Waals surface area contributed by atoms with Crippen LogP contribution in [0.3, 0.4) is 0 Å². The van der Waals surface area contributed by atoms with Gasteiger partial charge in [0.25, 0.3) is 0 Å². The molecule has 0 aromatic heterocycles. The molecule has 0 aliphatic carbocycles. The summed E-state index contributed by atoms with van der Waals surface area (Å²) in [7, 11) is 0. The summed E-state index contributed by atoms with van der Waals surface area (Å²) in [5.74, 6) is 5.71. The number of benzene rings is 1. The van der Waals surface area contributed by atoms with E-state index in [9.17, 15) is 4.79 Å². The van der Waals surface area contributed by atoms with Crippen molar-refractivity contribution in [3.8, 4) is 0 Å². The smallest absolute Gasteiger partial charge is 0.179 e. The van der Waals surface area contributed by atoms with Gasteiger partial charge in [-0.3, -0.25) is 4.79 Å². The Morgan fingerprint density at radius 3 is 2.59 bits per heavy atom. The van der Waals surface area contributed by atoms with Crippen LogP contribution in [0, 0.1) is 0 Å². The highest BCUT2D eigenvalue weighted by Gasteiger charge is 2.05. The van der Waals surface area contributed by atoms with E-state index in [2.05, 4.69) is 0 Å². The molecule has 92 valence electrons. The standard InChI is InChI=1S/C13H19N3O/c1-2-6-13(17)12(14)10-16(15)9-11-7-4-3-5-8-11/h3-5,7-8,10H,2,6,9,14-15H2,1H3/b12-10-. The lowest BCUT2D eigenvalue weighted by Gasteiger charge is -2.14. The largest absolute Gasteiger partial charge is 0.395 e. The van der Waals surface area contributed by atoms with E-state index in [0.29, 0.717) is 13.0 Å². The minimum atomic E-state index is -0.0592. The van der Waals surface area contributed by atoms with Gasteiger partial charge in [-0.15, -0.1) is 0 Å². The van der Waals surface area contributed by atoms with E-state index in [1.54, 1.807) is 0 Å². The van der Waals surface area contributed by atoms with E-state index < -0.39 is 0 Å². The molecule has 0 saturated carbocycles. The molecule has 0 radical (unpaired) electrons. The molecule has 0 fully saturated rings. The number of hydrogen-bond donors (Lipinski definition) is 2. The SMILES string of the molecule is CCCC(=O)/C(N)=C/N(N)Cc1ccccc1. The molecule has 1 rings (SSSR count). The minimum Gasteiger partial charge on any atom is -0.395 e. The molecular weight excluding hydrogens is 214 g/mol. The zero-order valence-corrected chi connectivity index (χ0v) is 10.1. The van der Waals surface area contributed by atoms with E-state index >= 15 is 0 Å². The molecule has 0 saturated heterocycles. The molecule has 0 aliphatic rings. The third-order valence-corrected chi connectivity index (χ3v) is 2.31. The van der Waals surface area contributed by atoms with Crippen LogP contribution in [0.15, 0.2) is 42.2 Å². The normalized spacial score (nSPS) is 11.3. The Balaban J connectivity index is 2.56. The Hall–Kier alpha value is -1.81. The van der Waals surface area contributed by atoms with Gasteiger partial charge in [0.2, 0.25) is 0 Å². The summed E-state index contributed by atoms with van der Waals surface area (Å²) in [6.07, 6.45) is 2.74. The van der Waals surface area contributed by atoms with E-state index in [0.717, 1.165) is 12.0 Å². The average Bonchev–Trinajstić information content (AvgIpc) is 2.30. The first-order valence-corrected chi connectivity index (χ1v) is 5.69. The Morgan fingerprint density at radius 1 is 1.35 bits per heavy atom. The van der Waals surface area contributed by atoms with Gasteiger partial charge in [0.15, 0.2) is 5.78 Å². The second-order valence-electron chi connectivity index (χ2n) is 3.92. The molecule has 0 bridgehead atoms. The van der Waals surface area contributed by atoms with Crippen molar-refractivity contribution in [2.24, 2.45) is 11.6 Å². The van der Waals surface area contributed by atoms with Crippen molar-refractivity contribution < 1.29 is 4.79 Å². The molecular formula is C13H19N3O. The number of carbonyl (C=O) groups excluding carboxylic acids is 1. The number of hydrogen-bond acceptors (Lipinski definition) is 4. The van der Waals surface area contributed by atoms with Crippen molar-refractivity contribution >= 4 is 5.78 Å². The fourth-order valence-corrected chi connectivity index (χ4v) is 1.46. The topological polar surface area (TPSA) is 72.4 Å². The monoisotopic (exact) mass is 233 g/mol. The lowest BCUT2D eigenvalue weighted by atomic mass is 10.2. The zero-order chi connectivity index (χ0) is 12.7. The summed E-state index contributed by atoms with van der Waals surface area (Å²) in [6.45, 7) is 2.47. The Morgan fingerprint density at radius 2 is 2.00 bits per heavy atom. The van der Waals surface area contributed by atoms with Gasteiger partial charge in [-0.2, -0.15) is 0 Å². The fourth-order valence-electron chi connectivity index (χ4n) is 1.46. The van der Waals surface area contributed by atoms with Crippen molar-refractivity contribution in [1.29, 1.82) is 0 Å². The molecule has 4 N–H and O–H groups in total. The van der Waals surface area contributed by atoms with Gasteiger partial charge in [0.1, 0.15) is 0 Å². The van der Waals surface area contributed by atoms with Gasteiger partial charge in [-0.25, -0.2) is 5.84 Å². The molecule has 17 heavy (non-hydrogen) atoms. The Kier molecular flexibility index (Phi) is 5.23. The van der Waals surface area contributed by atoms with Crippen molar-refractivity contribution in [2.45, 2.75) is 26.3 Å². The molecule has 0 heterocycles. The highest BCUT2D eigenvalue weighted by atomic mass is 16.1. The lowest BCUT2D eigenvalue weighted by Crippen LogP contribution is -2.27. The second-order valence-corrected chi connectivity index (χ2v) is 3.92. The maximum atomic E-state index is 11.5. The van der Waals surface area contributed by atoms with Crippen LogP contribution in [0.1, 0.15) is 25.3 Å². The van der Waals surface area contributed by atoms with E-state index in [4.69, 9.17) is 11.6 Å². The highest BCUT2D eigenvalue weighted by molar-refractivity contribution is 5.94. The van der Waals surface area contributed by atoms with Crippen molar-refractivity contribution in [3.63, 3.8) is 0 Å². The molecule has 0 atom stereocenters. The Bertz CT molecular complexity index is 387. The number of nitrogens with zero attached hydrogens (tertiary/aromatic N) is 1. The average molecular weight is 233 g/mol. The van der Waals surface area contributed by atoms with Crippen LogP contribution >= 0.6 is 0 Å². The van der Waals surface area contributed by atoms with Gasteiger partial charge in [0.05, 0.1) is 12.2 Å². The number of rotatable bonds is 6. The van der Waals surface area contributed by atoms with Gasteiger partial charge in [0, 0.05) is 12.6 Å². The van der Waals surface area contributed by atoms with Gasteiger partial charge in [-0.1, -0.05) is 37.3 Å². The second kappa shape index (κ2) is 6.70. The molecule has 1 aromatic rings. The first kappa shape index (κ1) is 13.3. The summed E-state index contributed by atoms with van der Waals surface area (Å²) in [5, 5.41) is 1.43. The van der Waals surface area contributed by atoms with Gasteiger partial charge in [-0.05, 0) is 12.0 Å². The Labute approximate surface area is 102 Å². The van der Waals surface area contributed by atoms with Crippen LogP contribution in [0.25, 0.3) is 0 Å². The van der Waals surface area contributed by atoms with Crippen LogP contribution in [0.2, 0.25) is 0 Å². The van der Waals surface area contributed by atoms with Crippen molar-refractivity contribution in [3.05, 3.63) is 47.8 Å². The molecule has 1 aromatic carbocycles. The van der Waals surface area contributed by atoms with Crippen molar-refractivity contribution in [2.75, 3.05) is 0 Å². The summed E-state index contributed by atoms with van der Waals surface area (Å²) in [6, 6.07) is 9.77. The quantitative estimate of drug-likeness (QED) is 0.444. The zero-order valence-electron chi connectivity index (χ0n) is 10.1. The number of ketones is 1. The summed E-state index contributed by atoms with van der Waals surface area (Å²) in [4.78, 5) is 11.5. The molecule has 4 nitrogen and oxygen atoms in total. The summed E-state index contributed by atoms with van der Waals surface area (Å²) < 4.78 is 0. The summed E-state index contributed by atoms with van der Waals surface area (Å²) in [5.41, 5.74) is 6.93. The van der Waals surface area contributed by atoms with Gasteiger partial charge >= 0.3 is 0 Å². The third kappa shape index (κ3) is 4.70. The predicted molar refractivity (Wildman–Crippen MR) is 68.4 cm³/mol. The van der Waals surface area contributed by atoms with Crippen molar-refractivity contribution in [1.82, 2.24) is 5.01 Å². The van der Waals surface area contributed by atoms with E-state index in [1.165, 1.54) is 11.2 Å². The summed E-state index contributed by atoms with van der Waals surface area (Å²) >= 11 is 0. The van der Waals surface area contributed by atoms with Crippen LogP contribution in [-0.4, -0.2) is 10.8 Å². The van der Waals surface area contributed by atoms with Crippen LogP contribution < -0.4 is 11.6 Å². The number of carbonyl (C=O) groups is 1. The molecule has 0 spiro atoms. The molecule has 0 aliphatic heterocycles. The maximum Gasteiger partial charge on any atom is 0.179 e.